The topological polar surface area (TPSA) is 45.6 Å². The van der Waals surface area contributed by atoms with Gasteiger partial charge in [-0.15, -0.1) is 11.3 Å². The summed E-state index contributed by atoms with van der Waals surface area (Å²) in [5.74, 6) is 0.333. The van der Waals surface area contributed by atoms with Crippen LogP contribution in [0.4, 0.5) is 0 Å². The summed E-state index contributed by atoms with van der Waals surface area (Å²) in [6.45, 7) is 6.48. The highest BCUT2D eigenvalue weighted by atomic mass is 32.1. The van der Waals surface area contributed by atoms with Gasteiger partial charge in [-0.2, -0.15) is 0 Å². The zero-order valence-corrected chi connectivity index (χ0v) is 14.6. The van der Waals surface area contributed by atoms with E-state index in [9.17, 15) is 5.11 Å². The molecule has 0 bridgehead atoms. The smallest absolute Gasteiger partial charge is 0.122 e. The lowest BCUT2D eigenvalue weighted by Crippen LogP contribution is -2.25. The average Bonchev–Trinajstić information content (AvgIpc) is 3.26. The molecule has 4 nitrogen and oxygen atoms in total. The molecule has 1 atom stereocenters. The summed E-state index contributed by atoms with van der Waals surface area (Å²) >= 11 is 1.68. The van der Waals surface area contributed by atoms with Crippen LogP contribution in [0.1, 0.15) is 49.1 Å². The van der Waals surface area contributed by atoms with Gasteiger partial charge in [0.25, 0.3) is 0 Å². The highest BCUT2D eigenvalue weighted by Crippen LogP contribution is 2.31. The molecule has 1 aromatic carbocycles. The molecule has 0 radical (unpaired) electrons. The summed E-state index contributed by atoms with van der Waals surface area (Å²) < 4.78 is 5.62. The highest BCUT2D eigenvalue weighted by Gasteiger charge is 2.29. The maximum Gasteiger partial charge on any atom is 0.122 e. The molecule has 1 heterocycles. The standard InChI is InChI=1S/C18H24N2O2S/c1-3-22-13(2)18-19-15(12-23-18)11-20(16-7-8-16)10-14-5-4-6-17(21)9-14/h4-6,9,12-13,16,21H,3,7-8,10-11H2,1-2H3/t13-/m1/s1. The van der Waals surface area contributed by atoms with Crippen LogP contribution >= 0.6 is 11.3 Å². The van der Waals surface area contributed by atoms with Gasteiger partial charge in [0, 0.05) is 31.1 Å². The second-order valence-corrected chi connectivity index (χ2v) is 6.97. The molecule has 1 aliphatic rings. The molecule has 3 rings (SSSR count). The van der Waals surface area contributed by atoms with Gasteiger partial charge in [-0.3, -0.25) is 4.90 Å². The van der Waals surface area contributed by atoms with Gasteiger partial charge in [-0.1, -0.05) is 12.1 Å². The van der Waals surface area contributed by atoms with Crippen LogP contribution in [0.2, 0.25) is 0 Å². The monoisotopic (exact) mass is 332 g/mol. The van der Waals surface area contributed by atoms with E-state index in [0.717, 1.165) is 29.4 Å². The number of benzene rings is 1. The van der Waals surface area contributed by atoms with Gasteiger partial charge in [0.2, 0.25) is 0 Å². The highest BCUT2D eigenvalue weighted by molar-refractivity contribution is 7.09. The molecule has 0 aliphatic heterocycles. The fourth-order valence-electron chi connectivity index (χ4n) is 2.75. The molecule has 1 saturated carbocycles. The van der Waals surface area contributed by atoms with Crippen molar-refractivity contribution < 1.29 is 9.84 Å². The second kappa shape index (κ2) is 7.43. The molecule has 0 unspecified atom stereocenters. The van der Waals surface area contributed by atoms with Gasteiger partial charge in [0.1, 0.15) is 16.9 Å². The fraction of sp³-hybridized carbons (Fsp3) is 0.500. The molecular formula is C18H24N2O2S. The Morgan fingerprint density at radius 1 is 1.39 bits per heavy atom. The van der Waals surface area contributed by atoms with Crippen LogP contribution in [-0.2, 0) is 17.8 Å². The summed E-state index contributed by atoms with van der Waals surface area (Å²) in [4.78, 5) is 7.20. The van der Waals surface area contributed by atoms with Crippen molar-refractivity contribution in [2.75, 3.05) is 6.61 Å². The normalized spacial score (nSPS) is 16.0. The van der Waals surface area contributed by atoms with Gasteiger partial charge >= 0.3 is 0 Å². The lowest BCUT2D eigenvalue weighted by Gasteiger charge is -2.21. The van der Waals surface area contributed by atoms with Gasteiger partial charge in [0.05, 0.1) is 5.69 Å². The Morgan fingerprint density at radius 3 is 2.91 bits per heavy atom. The molecule has 0 spiro atoms. The Kier molecular flexibility index (Phi) is 5.30. The molecule has 1 fully saturated rings. The molecule has 0 saturated heterocycles. The quantitative estimate of drug-likeness (QED) is 0.790. The van der Waals surface area contributed by atoms with Gasteiger partial charge in [-0.05, 0) is 44.4 Å². The Bertz CT molecular complexity index is 639. The van der Waals surface area contributed by atoms with Gasteiger partial charge < -0.3 is 9.84 Å². The van der Waals surface area contributed by atoms with Crippen LogP contribution in [0.3, 0.4) is 0 Å². The minimum absolute atomic E-state index is 0.0687. The number of hydrogen-bond acceptors (Lipinski definition) is 5. The summed E-state index contributed by atoms with van der Waals surface area (Å²) in [7, 11) is 0. The van der Waals surface area contributed by atoms with Gasteiger partial charge in [0.15, 0.2) is 0 Å². The van der Waals surface area contributed by atoms with Crippen molar-refractivity contribution in [2.24, 2.45) is 0 Å². The van der Waals surface area contributed by atoms with Crippen LogP contribution in [0.15, 0.2) is 29.6 Å². The zero-order chi connectivity index (χ0) is 16.2. The third kappa shape index (κ3) is 4.53. The van der Waals surface area contributed by atoms with E-state index < -0.39 is 0 Å². The average molecular weight is 332 g/mol. The zero-order valence-electron chi connectivity index (χ0n) is 13.7. The van der Waals surface area contributed by atoms with E-state index in [-0.39, 0.29) is 6.10 Å². The van der Waals surface area contributed by atoms with Crippen LogP contribution in [0.25, 0.3) is 0 Å². The minimum Gasteiger partial charge on any atom is -0.508 e. The van der Waals surface area contributed by atoms with Crippen molar-refractivity contribution in [1.82, 2.24) is 9.88 Å². The van der Waals surface area contributed by atoms with Crippen molar-refractivity contribution in [3.63, 3.8) is 0 Å². The van der Waals surface area contributed by atoms with Gasteiger partial charge in [-0.25, -0.2) is 4.98 Å². The van der Waals surface area contributed by atoms with Crippen molar-refractivity contribution in [3.05, 3.63) is 45.9 Å². The van der Waals surface area contributed by atoms with Crippen LogP contribution in [0.5, 0.6) is 5.75 Å². The van der Waals surface area contributed by atoms with E-state index in [0.29, 0.717) is 18.4 Å². The molecule has 124 valence electrons. The van der Waals surface area contributed by atoms with Crippen molar-refractivity contribution in [2.45, 2.75) is 51.9 Å². The number of phenols is 1. The lowest BCUT2D eigenvalue weighted by atomic mass is 10.2. The molecule has 2 aromatic rings. The predicted octanol–water partition coefficient (Wildman–Crippen LogP) is 4.11. The molecule has 0 amide bonds. The third-order valence-electron chi connectivity index (χ3n) is 4.06. The first kappa shape index (κ1) is 16.4. The number of phenolic OH excluding ortho intramolecular Hbond substituents is 1. The van der Waals surface area contributed by atoms with E-state index in [1.54, 1.807) is 17.4 Å². The Labute approximate surface area is 141 Å². The number of nitrogens with zero attached hydrogens (tertiary/aromatic N) is 2. The van der Waals surface area contributed by atoms with Crippen LogP contribution in [0, 0.1) is 0 Å². The van der Waals surface area contributed by atoms with Crippen LogP contribution in [-0.4, -0.2) is 27.6 Å². The molecule has 23 heavy (non-hydrogen) atoms. The van der Waals surface area contributed by atoms with E-state index in [1.165, 1.54) is 12.8 Å². The Morgan fingerprint density at radius 2 is 2.22 bits per heavy atom. The number of thiazole rings is 1. The largest absolute Gasteiger partial charge is 0.508 e. The summed E-state index contributed by atoms with van der Waals surface area (Å²) in [5.41, 5.74) is 2.26. The van der Waals surface area contributed by atoms with Crippen molar-refractivity contribution >= 4 is 11.3 Å². The maximum absolute atomic E-state index is 9.64. The second-order valence-electron chi connectivity index (χ2n) is 6.08. The lowest BCUT2D eigenvalue weighted by molar-refractivity contribution is 0.0760. The number of aromatic nitrogens is 1. The molecule has 1 aromatic heterocycles. The first-order valence-electron chi connectivity index (χ1n) is 8.23. The third-order valence-corrected chi connectivity index (χ3v) is 5.11. The first-order valence-corrected chi connectivity index (χ1v) is 9.11. The molecule has 1 aliphatic carbocycles. The molecule has 5 heteroatoms. The van der Waals surface area contributed by atoms with E-state index >= 15 is 0 Å². The number of aromatic hydroxyl groups is 1. The van der Waals surface area contributed by atoms with E-state index in [2.05, 4.69) is 23.3 Å². The SMILES string of the molecule is CCO[C@H](C)c1nc(CN(Cc2cccc(O)c2)C2CC2)cs1. The first-order chi connectivity index (χ1) is 11.2. The maximum atomic E-state index is 9.64. The van der Waals surface area contributed by atoms with E-state index in [1.807, 2.05) is 19.1 Å². The summed E-state index contributed by atoms with van der Waals surface area (Å²) in [6.07, 6.45) is 2.58. The Balaban J connectivity index is 1.66. The number of ether oxygens (including phenoxy) is 1. The minimum atomic E-state index is 0.0687. The predicted molar refractivity (Wildman–Crippen MR) is 92.5 cm³/mol. The summed E-state index contributed by atoms with van der Waals surface area (Å²) in [5, 5.41) is 12.8. The Hall–Kier alpha value is -1.43. The van der Waals surface area contributed by atoms with Crippen molar-refractivity contribution in [3.8, 4) is 5.75 Å². The fourth-order valence-corrected chi connectivity index (χ4v) is 3.57. The van der Waals surface area contributed by atoms with Crippen molar-refractivity contribution in [1.29, 1.82) is 0 Å². The molecular weight excluding hydrogens is 308 g/mol. The summed E-state index contributed by atoms with van der Waals surface area (Å²) in [6, 6.07) is 8.18. The van der Waals surface area contributed by atoms with Crippen LogP contribution < -0.4 is 0 Å². The van der Waals surface area contributed by atoms with E-state index in [4.69, 9.17) is 9.72 Å². The number of rotatable bonds is 8. The number of hydrogen-bond donors (Lipinski definition) is 1. The molecule has 1 N–H and O–H groups in total.